The second kappa shape index (κ2) is 9.66. The molecule has 2 aliphatic rings. The van der Waals surface area contributed by atoms with E-state index in [1.54, 1.807) is 24.3 Å². The van der Waals surface area contributed by atoms with Gasteiger partial charge in [-0.3, -0.25) is 19.9 Å². The third-order valence-corrected chi connectivity index (χ3v) is 7.10. The Balaban J connectivity index is 1.55. The van der Waals surface area contributed by atoms with Crippen molar-refractivity contribution in [3.63, 3.8) is 0 Å². The van der Waals surface area contributed by atoms with Crippen molar-refractivity contribution in [1.82, 2.24) is 15.6 Å². The van der Waals surface area contributed by atoms with Crippen LogP contribution < -0.4 is 16.4 Å². The van der Waals surface area contributed by atoms with Crippen molar-refractivity contribution in [2.24, 2.45) is 5.73 Å². The van der Waals surface area contributed by atoms with Crippen molar-refractivity contribution in [2.75, 3.05) is 0 Å². The molecule has 38 heavy (non-hydrogen) atoms. The molecule has 0 aliphatic heterocycles. The molecule has 1 aromatic heterocycles. The number of hydrogen-bond acceptors (Lipinski definition) is 5. The summed E-state index contributed by atoms with van der Waals surface area (Å²) in [5.74, 6) is -1.25. The van der Waals surface area contributed by atoms with E-state index in [4.69, 9.17) is 5.73 Å². The second-order valence-corrected chi connectivity index (χ2v) is 10.8. The smallest absolute Gasteiger partial charge is 0.369 e. The van der Waals surface area contributed by atoms with Gasteiger partial charge in [-0.1, -0.05) is 30.3 Å². The maximum atomic E-state index is 14.5. The molecule has 202 valence electrons. The molecule has 0 saturated heterocycles. The van der Waals surface area contributed by atoms with Gasteiger partial charge in [-0.05, 0) is 56.7 Å². The quantitative estimate of drug-likeness (QED) is 0.398. The fourth-order valence-electron chi connectivity index (χ4n) is 4.51. The van der Waals surface area contributed by atoms with Crippen LogP contribution in [-0.4, -0.2) is 40.2 Å². The molecule has 0 bridgehead atoms. The highest BCUT2D eigenvalue weighted by Gasteiger charge is 2.50. The highest BCUT2D eigenvalue weighted by atomic mass is 19.4. The fourth-order valence-corrected chi connectivity index (χ4v) is 4.51. The number of alkyl halides is 4. The van der Waals surface area contributed by atoms with E-state index in [-0.39, 0.29) is 11.6 Å². The van der Waals surface area contributed by atoms with Gasteiger partial charge in [0.2, 0.25) is 11.8 Å². The van der Waals surface area contributed by atoms with Crippen molar-refractivity contribution in [2.45, 2.75) is 80.8 Å². The molecule has 7 nitrogen and oxygen atoms in total. The van der Waals surface area contributed by atoms with Crippen LogP contribution in [0.3, 0.4) is 0 Å². The van der Waals surface area contributed by atoms with E-state index in [1.807, 2.05) is 6.07 Å². The van der Waals surface area contributed by atoms with Crippen LogP contribution in [-0.2, 0) is 15.0 Å². The summed E-state index contributed by atoms with van der Waals surface area (Å²) in [6.07, 6.45) is -1.96. The zero-order chi connectivity index (χ0) is 27.9. The SMILES string of the molecule is CC(C)(F)C[C@H](N[C@@H](c1ccc(-c2ccc(C3(C(N)=O)CC3)cc2)cn1)C(F)(F)F)C(=O)NC1(C#N)CC1. The number of nitrogens with two attached hydrogens (primary N) is 1. The molecule has 4 rings (SSSR count). The third kappa shape index (κ3) is 5.96. The lowest BCUT2D eigenvalue weighted by atomic mass is 9.93. The molecular formula is C27H29F4N5O2. The number of primary amides is 1. The number of rotatable bonds is 10. The minimum Gasteiger partial charge on any atom is -0.369 e. The molecule has 2 amide bonds. The highest BCUT2D eigenvalue weighted by Crippen LogP contribution is 2.48. The summed E-state index contributed by atoms with van der Waals surface area (Å²) in [7, 11) is 0. The van der Waals surface area contributed by atoms with Crippen molar-refractivity contribution >= 4 is 11.8 Å². The van der Waals surface area contributed by atoms with Gasteiger partial charge in [0.05, 0.1) is 23.2 Å². The number of halogens is 4. The number of amides is 2. The lowest BCUT2D eigenvalue weighted by molar-refractivity contribution is -0.162. The summed E-state index contributed by atoms with van der Waals surface area (Å²) in [6, 6.07) is 7.77. The Bertz CT molecular complexity index is 1240. The van der Waals surface area contributed by atoms with Gasteiger partial charge in [0.15, 0.2) is 0 Å². The lowest BCUT2D eigenvalue weighted by Gasteiger charge is -2.30. The summed E-state index contributed by atoms with van der Waals surface area (Å²) < 4.78 is 56.8. The number of nitrogens with one attached hydrogen (secondary N) is 2. The molecule has 11 heteroatoms. The molecule has 1 aromatic carbocycles. The van der Waals surface area contributed by atoms with Crippen LogP contribution in [0.5, 0.6) is 0 Å². The van der Waals surface area contributed by atoms with Crippen molar-refractivity contribution in [3.8, 4) is 17.2 Å². The van der Waals surface area contributed by atoms with Crippen LogP contribution >= 0.6 is 0 Å². The predicted octanol–water partition coefficient (Wildman–Crippen LogP) is 4.14. The van der Waals surface area contributed by atoms with Gasteiger partial charge >= 0.3 is 6.18 Å². The van der Waals surface area contributed by atoms with Gasteiger partial charge < -0.3 is 11.1 Å². The number of carbonyl (C=O) groups excluding carboxylic acids is 2. The van der Waals surface area contributed by atoms with Crippen LogP contribution in [0.2, 0.25) is 0 Å². The Labute approximate surface area is 217 Å². The van der Waals surface area contributed by atoms with Crippen LogP contribution in [0.25, 0.3) is 11.1 Å². The number of nitriles is 1. The van der Waals surface area contributed by atoms with Gasteiger partial charge in [0, 0.05) is 18.2 Å². The molecule has 2 atom stereocenters. The van der Waals surface area contributed by atoms with Crippen LogP contribution in [0.1, 0.15) is 63.3 Å². The van der Waals surface area contributed by atoms with Gasteiger partial charge in [0.1, 0.15) is 17.2 Å². The zero-order valence-electron chi connectivity index (χ0n) is 21.0. The van der Waals surface area contributed by atoms with Gasteiger partial charge in [-0.15, -0.1) is 0 Å². The first-order chi connectivity index (χ1) is 17.7. The van der Waals surface area contributed by atoms with Crippen molar-refractivity contribution in [3.05, 3.63) is 53.9 Å². The molecule has 4 N–H and O–H groups in total. The van der Waals surface area contributed by atoms with Crippen LogP contribution in [0.4, 0.5) is 17.6 Å². The van der Waals surface area contributed by atoms with E-state index in [0.29, 0.717) is 36.8 Å². The largest absolute Gasteiger partial charge is 0.409 e. The van der Waals surface area contributed by atoms with Gasteiger partial charge in [-0.25, -0.2) is 4.39 Å². The topological polar surface area (TPSA) is 121 Å². The summed E-state index contributed by atoms with van der Waals surface area (Å²) in [5, 5.41) is 13.9. The third-order valence-electron chi connectivity index (χ3n) is 7.10. The number of nitrogens with zero attached hydrogens (tertiary/aromatic N) is 2. The molecule has 0 radical (unpaired) electrons. The number of carbonyl (C=O) groups is 2. The fraction of sp³-hybridized carbons (Fsp3) is 0.481. The normalized spacial score (nSPS) is 19.1. The Hall–Kier alpha value is -3.52. The maximum absolute atomic E-state index is 14.5. The van der Waals surface area contributed by atoms with E-state index in [0.717, 1.165) is 5.56 Å². The van der Waals surface area contributed by atoms with Gasteiger partial charge in [-0.2, -0.15) is 18.4 Å². The second-order valence-electron chi connectivity index (χ2n) is 10.8. The first-order valence-electron chi connectivity index (χ1n) is 12.3. The summed E-state index contributed by atoms with van der Waals surface area (Å²) in [4.78, 5) is 28.6. The van der Waals surface area contributed by atoms with E-state index < -0.39 is 47.2 Å². The van der Waals surface area contributed by atoms with E-state index in [1.165, 1.54) is 32.2 Å². The maximum Gasteiger partial charge on any atom is 0.409 e. The standard InChI is InChI=1S/C27H29F4N5O2/c1-24(2,28)13-20(22(37)36-25(15-32)9-10-25)35-21(27(29,30)31)19-8-5-17(14-34-19)16-3-6-18(7-4-16)26(11-12-26)23(33)38/h3-8,14,20-21,35H,9-13H2,1-2H3,(H2,33,38)(H,36,37)/t20-,21-/m0/s1. The first kappa shape index (κ1) is 27.5. The molecule has 0 unspecified atom stereocenters. The lowest BCUT2D eigenvalue weighted by Crippen LogP contribution is -2.53. The van der Waals surface area contributed by atoms with Gasteiger partial charge in [0.25, 0.3) is 0 Å². The Morgan fingerprint density at radius 3 is 2.08 bits per heavy atom. The molecule has 2 aliphatic carbocycles. The van der Waals surface area contributed by atoms with E-state index >= 15 is 0 Å². The number of aromatic nitrogens is 1. The molecule has 0 spiro atoms. The molecule has 1 heterocycles. The monoisotopic (exact) mass is 531 g/mol. The minimum atomic E-state index is -4.84. The molecule has 2 fully saturated rings. The molecular weight excluding hydrogens is 502 g/mol. The van der Waals surface area contributed by atoms with Crippen molar-refractivity contribution in [1.29, 1.82) is 5.26 Å². The number of benzene rings is 1. The Morgan fingerprint density at radius 2 is 1.66 bits per heavy atom. The van der Waals surface area contributed by atoms with E-state index in [2.05, 4.69) is 15.6 Å². The highest BCUT2D eigenvalue weighted by molar-refractivity contribution is 5.90. The minimum absolute atomic E-state index is 0.384. The predicted molar refractivity (Wildman–Crippen MR) is 131 cm³/mol. The number of hydrogen-bond donors (Lipinski definition) is 3. The van der Waals surface area contributed by atoms with Crippen LogP contribution in [0, 0.1) is 11.3 Å². The molecule has 2 saturated carbocycles. The number of pyridine rings is 1. The van der Waals surface area contributed by atoms with E-state index in [9.17, 15) is 32.4 Å². The van der Waals surface area contributed by atoms with Crippen LogP contribution in [0.15, 0.2) is 42.6 Å². The summed E-state index contributed by atoms with van der Waals surface area (Å²) in [6.45, 7) is 2.34. The molecule has 2 aromatic rings. The first-order valence-corrected chi connectivity index (χ1v) is 12.3. The summed E-state index contributed by atoms with van der Waals surface area (Å²) >= 11 is 0. The average Bonchev–Trinajstić information content (AvgIpc) is 3.76. The summed E-state index contributed by atoms with van der Waals surface area (Å²) in [5.41, 5.74) is 3.45. The van der Waals surface area contributed by atoms with Crippen molar-refractivity contribution < 1.29 is 27.2 Å². The average molecular weight is 532 g/mol. The Kier molecular flexibility index (Phi) is 6.99. The zero-order valence-corrected chi connectivity index (χ0v) is 21.0. The Morgan fingerprint density at radius 1 is 1.05 bits per heavy atom.